The van der Waals surface area contributed by atoms with Crippen LogP contribution in [-0.2, 0) is 0 Å². The fourth-order valence-electron chi connectivity index (χ4n) is 3.82. The molecule has 0 N–H and O–H groups in total. The number of anilines is 1. The first-order valence-corrected chi connectivity index (χ1v) is 8.15. The van der Waals surface area contributed by atoms with Gasteiger partial charge in [0.15, 0.2) is 0 Å². The van der Waals surface area contributed by atoms with E-state index in [1.54, 1.807) is 6.07 Å². The second-order valence-corrected chi connectivity index (χ2v) is 6.86. The van der Waals surface area contributed by atoms with Crippen LogP contribution in [0.4, 0.5) is 11.4 Å². The minimum atomic E-state index is -0.450. The molecule has 0 aromatic heterocycles. The molecule has 1 aromatic rings. The lowest BCUT2D eigenvalue weighted by molar-refractivity contribution is -0.384. The van der Waals surface area contributed by atoms with Crippen molar-refractivity contribution in [1.82, 2.24) is 4.90 Å². The van der Waals surface area contributed by atoms with E-state index in [1.807, 2.05) is 0 Å². The molecular weight excluding hydrogens is 292 g/mol. The molecule has 2 aliphatic rings. The Morgan fingerprint density at radius 2 is 1.78 bits per heavy atom. The van der Waals surface area contributed by atoms with Crippen LogP contribution in [0.15, 0.2) is 18.2 Å². The lowest BCUT2D eigenvalue weighted by atomic mass is 9.71. The molecule has 0 atom stereocenters. The van der Waals surface area contributed by atoms with E-state index in [4.69, 9.17) is 0 Å². The van der Waals surface area contributed by atoms with Gasteiger partial charge in [0.1, 0.15) is 6.07 Å². The molecule has 6 nitrogen and oxygen atoms in total. The number of nitro benzene ring substituents is 1. The zero-order valence-electron chi connectivity index (χ0n) is 13.5. The van der Waals surface area contributed by atoms with E-state index in [0.717, 1.165) is 31.6 Å². The van der Waals surface area contributed by atoms with Gasteiger partial charge in [-0.1, -0.05) is 0 Å². The monoisotopic (exact) mass is 314 g/mol. The zero-order valence-corrected chi connectivity index (χ0v) is 13.5. The van der Waals surface area contributed by atoms with Crippen molar-refractivity contribution in [2.24, 2.45) is 5.41 Å². The number of nitro groups is 1. The number of non-ortho nitro benzene ring substituents is 1. The summed E-state index contributed by atoms with van der Waals surface area (Å²) in [5.74, 6) is 0. The molecule has 0 radical (unpaired) electrons. The van der Waals surface area contributed by atoms with Crippen LogP contribution < -0.4 is 4.90 Å². The van der Waals surface area contributed by atoms with Crippen LogP contribution in [0.1, 0.15) is 31.2 Å². The van der Waals surface area contributed by atoms with Crippen LogP contribution >= 0.6 is 0 Å². The van der Waals surface area contributed by atoms with Crippen molar-refractivity contribution in [3.05, 3.63) is 33.9 Å². The summed E-state index contributed by atoms with van der Waals surface area (Å²) in [5, 5.41) is 20.2. The Labute approximate surface area is 136 Å². The van der Waals surface area contributed by atoms with Gasteiger partial charge < -0.3 is 9.80 Å². The lowest BCUT2D eigenvalue weighted by Gasteiger charge is -2.47. The van der Waals surface area contributed by atoms with Gasteiger partial charge in [-0.05, 0) is 57.3 Å². The summed E-state index contributed by atoms with van der Waals surface area (Å²) in [7, 11) is 2.18. The summed E-state index contributed by atoms with van der Waals surface area (Å²) in [5.41, 5.74) is 1.67. The normalized spacial score (nSPS) is 21.1. The zero-order chi connectivity index (χ0) is 16.4. The van der Waals surface area contributed by atoms with Gasteiger partial charge in [-0.2, -0.15) is 5.26 Å². The molecule has 3 rings (SSSR count). The quantitative estimate of drug-likeness (QED) is 0.620. The third-order valence-electron chi connectivity index (χ3n) is 5.52. The second-order valence-electron chi connectivity index (χ2n) is 6.86. The first-order valence-electron chi connectivity index (χ1n) is 8.15. The Morgan fingerprint density at radius 3 is 2.35 bits per heavy atom. The van der Waals surface area contributed by atoms with Crippen molar-refractivity contribution < 1.29 is 4.92 Å². The third-order valence-corrected chi connectivity index (χ3v) is 5.52. The first-order chi connectivity index (χ1) is 11.0. The van der Waals surface area contributed by atoms with E-state index in [9.17, 15) is 15.4 Å². The molecule has 6 heteroatoms. The van der Waals surface area contributed by atoms with Crippen molar-refractivity contribution >= 4 is 11.4 Å². The maximum Gasteiger partial charge on any atom is 0.270 e. The van der Waals surface area contributed by atoms with Crippen molar-refractivity contribution in [3.8, 4) is 6.07 Å². The molecule has 0 unspecified atom stereocenters. The number of nitrogens with zero attached hydrogens (tertiary/aromatic N) is 4. The Balaban J connectivity index is 1.73. The van der Waals surface area contributed by atoms with Crippen LogP contribution in [0.5, 0.6) is 0 Å². The fourth-order valence-corrected chi connectivity index (χ4v) is 3.82. The number of likely N-dealkylation sites (tertiary alicyclic amines) is 1. The number of rotatable bonds is 2. The number of piperidine rings is 2. The van der Waals surface area contributed by atoms with Crippen molar-refractivity contribution in [3.63, 3.8) is 0 Å². The molecule has 23 heavy (non-hydrogen) atoms. The Hall–Kier alpha value is -2.13. The predicted molar refractivity (Wildman–Crippen MR) is 88.4 cm³/mol. The van der Waals surface area contributed by atoms with Crippen LogP contribution in [0.3, 0.4) is 0 Å². The van der Waals surface area contributed by atoms with Gasteiger partial charge >= 0.3 is 0 Å². The third kappa shape index (κ3) is 3.15. The standard InChI is InChI=1S/C17H22N4O2/c1-19-8-4-17(5-9-19)6-10-20(11-7-17)16-3-2-15(21(22)23)12-14(16)13-18/h2-3,12H,4-11H2,1H3. The molecule has 1 spiro atoms. The number of hydrogen-bond donors (Lipinski definition) is 0. The van der Waals surface area contributed by atoms with E-state index in [1.165, 1.54) is 38.1 Å². The molecule has 0 amide bonds. The van der Waals surface area contributed by atoms with Crippen LogP contribution in [0.2, 0.25) is 0 Å². The summed E-state index contributed by atoms with van der Waals surface area (Å²) in [6, 6.07) is 6.72. The van der Waals surface area contributed by atoms with Gasteiger partial charge in [-0.25, -0.2) is 0 Å². The second kappa shape index (κ2) is 6.17. The minimum Gasteiger partial charge on any atom is -0.370 e. The summed E-state index contributed by atoms with van der Waals surface area (Å²) in [4.78, 5) is 15.0. The highest BCUT2D eigenvalue weighted by Crippen LogP contribution is 2.42. The van der Waals surface area contributed by atoms with Gasteiger partial charge in [0.25, 0.3) is 5.69 Å². The highest BCUT2D eigenvalue weighted by molar-refractivity contribution is 5.63. The van der Waals surface area contributed by atoms with E-state index in [0.29, 0.717) is 11.0 Å². The van der Waals surface area contributed by atoms with E-state index < -0.39 is 4.92 Å². The number of benzene rings is 1. The molecule has 0 aliphatic carbocycles. The molecule has 2 fully saturated rings. The van der Waals surface area contributed by atoms with Gasteiger partial charge in [0, 0.05) is 25.2 Å². The van der Waals surface area contributed by atoms with E-state index in [-0.39, 0.29) is 5.69 Å². The van der Waals surface area contributed by atoms with Crippen molar-refractivity contribution in [2.75, 3.05) is 38.1 Å². The molecule has 2 aliphatic heterocycles. The minimum absolute atomic E-state index is 0.0194. The highest BCUT2D eigenvalue weighted by Gasteiger charge is 2.37. The summed E-state index contributed by atoms with van der Waals surface area (Å²) in [6.07, 6.45) is 4.79. The highest BCUT2D eigenvalue weighted by atomic mass is 16.6. The van der Waals surface area contributed by atoms with Crippen LogP contribution in [-0.4, -0.2) is 43.0 Å². The molecule has 2 saturated heterocycles. The number of hydrogen-bond acceptors (Lipinski definition) is 5. The van der Waals surface area contributed by atoms with Crippen molar-refractivity contribution in [2.45, 2.75) is 25.7 Å². The van der Waals surface area contributed by atoms with Gasteiger partial charge in [-0.15, -0.1) is 0 Å². The summed E-state index contributed by atoms with van der Waals surface area (Å²) >= 11 is 0. The van der Waals surface area contributed by atoms with Gasteiger partial charge in [0.05, 0.1) is 16.2 Å². The molecule has 0 saturated carbocycles. The first kappa shape index (κ1) is 15.8. The SMILES string of the molecule is CN1CCC2(CC1)CCN(c1ccc([N+](=O)[O-])cc1C#N)CC2. The Kier molecular flexibility index (Phi) is 4.22. The molecule has 0 bridgehead atoms. The summed E-state index contributed by atoms with van der Waals surface area (Å²) in [6.45, 7) is 4.19. The van der Waals surface area contributed by atoms with Crippen molar-refractivity contribution in [1.29, 1.82) is 5.26 Å². The molecule has 122 valence electrons. The smallest absolute Gasteiger partial charge is 0.270 e. The van der Waals surface area contributed by atoms with E-state index in [2.05, 4.69) is 22.9 Å². The van der Waals surface area contributed by atoms with Gasteiger partial charge in [-0.3, -0.25) is 10.1 Å². The largest absolute Gasteiger partial charge is 0.370 e. The topological polar surface area (TPSA) is 73.4 Å². The Bertz CT molecular complexity index is 634. The predicted octanol–water partition coefficient (Wildman–Crippen LogP) is 2.78. The van der Waals surface area contributed by atoms with Crippen LogP contribution in [0.25, 0.3) is 0 Å². The summed E-state index contributed by atoms with van der Waals surface area (Å²) < 4.78 is 0. The molecule has 2 heterocycles. The molecule has 1 aromatic carbocycles. The maximum atomic E-state index is 10.9. The Morgan fingerprint density at radius 1 is 1.17 bits per heavy atom. The average Bonchev–Trinajstić information content (AvgIpc) is 2.58. The maximum absolute atomic E-state index is 10.9. The van der Waals surface area contributed by atoms with Gasteiger partial charge in [0.2, 0.25) is 0 Å². The lowest BCUT2D eigenvalue weighted by Crippen LogP contribution is -2.46. The fraction of sp³-hybridized carbons (Fsp3) is 0.588. The van der Waals surface area contributed by atoms with E-state index >= 15 is 0 Å². The number of nitriles is 1. The molecular formula is C17H22N4O2. The van der Waals surface area contributed by atoms with Crippen LogP contribution in [0, 0.1) is 26.9 Å². The average molecular weight is 314 g/mol.